The lowest BCUT2D eigenvalue weighted by atomic mass is 10.6. The molecule has 0 aromatic carbocycles. The van der Waals surface area contributed by atoms with Gasteiger partial charge in [-0.05, 0) is 0 Å². The summed E-state index contributed by atoms with van der Waals surface area (Å²) in [6, 6.07) is 0. The second-order valence-corrected chi connectivity index (χ2v) is 1.90. The monoisotopic (exact) mass is 226 g/mol. The van der Waals surface area contributed by atoms with E-state index in [1.807, 2.05) is 0 Å². The molecule has 0 heterocycles. The van der Waals surface area contributed by atoms with Crippen molar-refractivity contribution in [1.29, 1.82) is 0 Å². The molecule has 0 rings (SSSR count). The van der Waals surface area contributed by atoms with Crippen LogP contribution in [0.3, 0.4) is 0 Å². The molecule has 0 aliphatic carbocycles. The average Bonchev–Trinajstić information content (AvgIpc) is 2.29. The van der Waals surface area contributed by atoms with Gasteiger partial charge < -0.3 is 9.47 Å². The van der Waals surface area contributed by atoms with Crippen LogP contribution in [0.25, 0.3) is 0 Å². The lowest BCUT2D eigenvalue weighted by Gasteiger charge is -1.92. The Labute approximate surface area is 96.6 Å². The van der Waals surface area contributed by atoms with Crippen LogP contribution in [0.5, 0.6) is 0 Å². The highest BCUT2D eigenvalue weighted by molar-refractivity contribution is 5.81. The zero-order valence-corrected chi connectivity index (χ0v) is 9.61. The molecule has 90 valence electrons. The second kappa shape index (κ2) is 18.6. The summed E-state index contributed by atoms with van der Waals surface area (Å²) >= 11 is 0. The predicted molar refractivity (Wildman–Crippen MR) is 64.6 cm³/mol. The van der Waals surface area contributed by atoms with E-state index >= 15 is 0 Å². The third kappa shape index (κ3) is 29.7. The number of hydrogen-bond donors (Lipinski definition) is 0. The van der Waals surface area contributed by atoms with Gasteiger partial charge in [-0.2, -0.15) is 0 Å². The Morgan fingerprint density at radius 1 is 1.19 bits per heavy atom. The summed E-state index contributed by atoms with van der Waals surface area (Å²) in [6.45, 7) is 17.3. The van der Waals surface area contributed by atoms with Gasteiger partial charge in [-0.3, -0.25) is 4.79 Å². The molecule has 0 fully saturated rings. The van der Waals surface area contributed by atoms with Gasteiger partial charge in [0.1, 0.15) is 6.61 Å². The minimum atomic E-state index is -0.412. The zero-order chi connectivity index (χ0) is 13.4. The Hall–Kier alpha value is -2.10. The lowest BCUT2D eigenvalue weighted by molar-refractivity contribution is -0.137. The first-order valence-electron chi connectivity index (χ1n) is 4.26. The maximum absolute atomic E-state index is 10.2. The molecule has 0 unspecified atom stereocenters. The molecule has 0 aliphatic rings. The minimum absolute atomic E-state index is 0.255. The quantitative estimate of drug-likeness (QED) is 0.319. The fourth-order valence-corrected chi connectivity index (χ4v) is 0.317. The summed E-state index contributed by atoms with van der Waals surface area (Å²) < 4.78 is 8.63. The first kappa shape index (κ1) is 19.5. The van der Waals surface area contributed by atoms with Gasteiger partial charge in [0.25, 0.3) is 0 Å². The number of rotatable bonds is 4. The van der Waals surface area contributed by atoms with Crippen LogP contribution in [0.2, 0.25) is 0 Å². The van der Waals surface area contributed by atoms with E-state index < -0.39 is 5.97 Å². The molecular weight excluding hydrogens is 208 g/mol. The third-order valence-corrected chi connectivity index (χ3v) is 0.759. The van der Waals surface area contributed by atoms with Crippen LogP contribution < -0.4 is 0 Å². The number of ether oxygens (including phenoxy) is 2. The molecule has 0 radical (unpaired) electrons. The molecule has 0 N–H and O–H groups in total. The number of carbonyl (C=O) groups is 2. The van der Waals surface area contributed by atoms with Crippen molar-refractivity contribution in [2.24, 2.45) is 0 Å². The third-order valence-electron chi connectivity index (χ3n) is 0.759. The normalized spacial score (nSPS) is 6.56. The zero-order valence-electron chi connectivity index (χ0n) is 9.61. The van der Waals surface area contributed by atoms with E-state index in [1.54, 1.807) is 0 Å². The molecular formula is C12H18O4. The Kier molecular flexibility index (Phi) is 22.7. The fraction of sp³-hybridized carbons (Fsp3) is 0.167. The molecule has 0 saturated carbocycles. The molecule has 0 aromatic heterocycles. The van der Waals surface area contributed by atoms with Crippen molar-refractivity contribution >= 4 is 11.9 Å². The van der Waals surface area contributed by atoms with Crippen molar-refractivity contribution in [2.45, 2.75) is 6.92 Å². The summed E-state index contributed by atoms with van der Waals surface area (Å²) in [6.07, 6.45) is 3.72. The van der Waals surface area contributed by atoms with E-state index in [9.17, 15) is 9.59 Å². The van der Waals surface area contributed by atoms with E-state index in [2.05, 4.69) is 42.4 Å². The van der Waals surface area contributed by atoms with E-state index in [-0.39, 0.29) is 12.6 Å². The van der Waals surface area contributed by atoms with Crippen molar-refractivity contribution in [3.05, 3.63) is 51.3 Å². The number of esters is 2. The highest BCUT2D eigenvalue weighted by atomic mass is 16.5. The molecule has 4 heteroatoms. The Morgan fingerprint density at radius 2 is 1.69 bits per heavy atom. The molecule has 0 amide bonds. The van der Waals surface area contributed by atoms with E-state index in [1.165, 1.54) is 13.0 Å². The molecule has 0 spiro atoms. The largest absolute Gasteiger partial charge is 0.458 e. The van der Waals surface area contributed by atoms with Gasteiger partial charge in [0, 0.05) is 13.0 Å². The first-order valence-corrected chi connectivity index (χ1v) is 4.26. The lowest BCUT2D eigenvalue weighted by Crippen LogP contribution is -1.98. The van der Waals surface area contributed by atoms with Gasteiger partial charge in [0.15, 0.2) is 0 Å². The predicted octanol–water partition coefficient (Wildman–Crippen LogP) is 2.40. The van der Waals surface area contributed by atoms with Crippen molar-refractivity contribution in [2.75, 3.05) is 6.61 Å². The van der Waals surface area contributed by atoms with Crippen LogP contribution in [0, 0.1) is 0 Å². The Bertz CT molecular complexity index is 231. The SMILES string of the molecule is C=C.C=CCOC(=O)C=C.C=COC(C)=O. The first-order chi connectivity index (χ1) is 7.58. The molecule has 0 aromatic rings. The van der Waals surface area contributed by atoms with Crippen LogP contribution >= 0.6 is 0 Å². The molecule has 0 aliphatic heterocycles. The smallest absolute Gasteiger partial charge is 0.330 e. The van der Waals surface area contributed by atoms with Crippen molar-refractivity contribution in [3.8, 4) is 0 Å². The van der Waals surface area contributed by atoms with Crippen molar-refractivity contribution < 1.29 is 19.1 Å². The topological polar surface area (TPSA) is 52.6 Å². The van der Waals surface area contributed by atoms with Gasteiger partial charge in [0.2, 0.25) is 0 Å². The van der Waals surface area contributed by atoms with E-state index in [0.717, 1.165) is 12.3 Å². The summed E-state index contributed by atoms with van der Waals surface area (Å²) in [7, 11) is 0. The molecule has 4 nitrogen and oxygen atoms in total. The standard InChI is InChI=1S/C6H8O2.C4H6O2.C2H4/c1-3-5-8-6(7)4-2;1-3-6-4(2)5;1-2/h3-4H,1-2,5H2;3H,1H2,2H3;1-2H2. The van der Waals surface area contributed by atoms with Crippen LogP contribution in [0.1, 0.15) is 6.92 Å². The second-order valence-electron chi connectivity index (χ2n) is 1.90. The fourth-order valence-electron chi connectivity index (χ4n) is 0.317. The summed E-state index contributed by atoms with van der Waals surface area (Å²) in [5.74, 6) is -0.741. The highest BCUT2D eigenvalue weighted by Crippen LogP contribution is 1.77. The summed E-state index contributed by atoms with van der Waals surface area (Å²) in [4.78, 5) is 19.9. The number of carbonyl (C=O) groups excluding carboxylic acids is 2. The highest BCUT2D eigenvalue weighted by Gasteiger charge is 1.87. The molecule has 0 bridgehead atoms. The molecule has 0 atom stereocenters. The number of hydrogen-bond acceptors (Lipinski definition) is 4. The minimum Gasteiger partial charge on any atom is -0.458 e. The molecule has 16 heavy (non-hydrogen) atoms. The van der Waals surface area contributed by atoms with Gasteiger partial charge in [-0.1, -0.05) is 25.8 Å². The van der Waals surface area contributed by atoms with Gasteiger partial charge >= 0.3 is 11.9 Å². The summed E-state index contributed by atoms with van der Waals surface area (Å²) in [5.41, 5.74) is 0. The Balaban J connectivity index is -0.000000188. The van der Waals surface area contributed by atoms with Crippen molar-refractivity contribution in [1.82, 2.24) is 0 Å². The van der Waals surface area contributed by atoms with Crippen LogP contribution in [-0.2, 0) is 19.1 Å². The summed E-state index contributed by atoms with van der Waals surface area (Å²) in [5, 5.41) is 0. The average molecular weight is 226 g/mol. The van der Waals surface area contributed by atoms with Gasteiger partial charge in [-0.25, -0.2) is 4.79 Å². The van der Waals surface area contributed by atoms with Crippen LogP contribution in [0.4, 0.5) is 0 Å². The maximum Gasteiger partial charge on any atom is 0.330 e. The van der Waals surface area contributed by atoms with E-state index in [0.29, 0.717) is 0 Å². The molecule has 0 saturated heterocycles. The van der Waals surface area contributed by atoms with Gasteiger partial charge in [-0.15, -0.1) is 13.2 Å². The van der Waals surface area contributed by atoms with Crippen LogP contribution in [0.15, 0.2) is 51.3 Å². The van der Waals surface area contributed by atoms with Crippen LogP contribution in [-0.4, -0.2) is 18.5 Å². The van der Waals surface area contributed by atoms with E-state index in [4.69, 9.17) is 0 Å². The van der Waals surface area contributed by atoms with Crippen molar-refractivity contribution in [3.63, 3.8) is 0 Å². The Morgan fingerprint density at radius 3 is 1.88 bits per heavy atom. The maximum atomic E-state index is 10.2. The van der Waals surface area contributed by atoms with Gasteiger partial charge in [0.05, 0.1) is 6.26 Å².